The standard InChI is InChI=1S/C12H22N2O4.ClH/c1-8(2)11(12(16)17-3)14-10(15)6-9-7-18-5-4-13-9;/h8-9,11,13H,4-7H2,1-3H3,(H,14,15);1H. The van der Waals surface area contributed by atoms with Crippen molar-refractivity contribution in [2.45, 2.75) is 32.4 Å². The number of methoxy groups -OCH3 is 1. The van der Waals surface area contributed by atoms with E-state index in [4.69, 9.17) is 4.74 Å². The Morgan fingerprint density at radius 3 is 2.63 bits per heavy atom. The summed E-state index contributed by atoms with van der Waals surface area (Å²) in [5.41, 5.74) is 0. The second-order valence-electron chi connectivity index (χ2n) is 4.74. The van der Waals surface area contributed by atoms with Crippen LogP contribution >= 0.6 is 12.4 Å². The van der Waals surface area contributed by atoms with Crippen LogP contribution < -0.4 is 10.6 Å². The zero-order valence-corrected chi connectivity index (χ0v) is 12.4. The third kappa shape index (κ3) is 6.22. The SMILES string of the molecule is COC(=O)C(NC(=O)CC1COCCN1)C(C)C.Cl. The van der Waals surface area contributed by atoms with Crippen LogP contribution in [0, 0.1) is 5.92 Å². The van der Waals surface area contributed by atoms with Crippen molar-refractivity contribution in [3.63, 3.8) is 0 Å². The molecular formula is C12H23ClN2O4. The lowest BCUT2D eigenvalue weighted by Crippen LogP contribution is -2.49. The van der Waals surface area contributed by atoms with Crippen LogP contribution in [0.5, 0.6) is 0 Å². The van der Waals surface area contributed by atoms with Crippen LogP contribution in [0.3, 0.4) is 0 Å². The van der Waals surface area contributed by atoms with Gasteiger partial charge in [0.2, 0.25) is 5.91 Å². The van der Waals surface area contributed by atoms with Gasteiger partial charge in [-0.25, -0.2) is 4.79 Å². The van der Waals surface area contributed by atoms with E-state index in [1.54, 1.807) is 0 Å². The van der Waals surface area contributed by atoms with Crippen LogP contribution in [-0.2, 0) is 19.1 Å². The maximum absolute atomic E-state index is 11.8. The predicted octanol–water partition coefficient (Wildman–Crippen LogP) is 0.101. The maximum Gasteiger partial charge on any atom is 0.328 e. The van der Waals surface area contributed by atoms with E-state index in [9.17, 15) is 9.59 Å². The summed E-state index contributed by atoms with van der Waals surface area (Å²) in [4.78, 5) is 23.3. The minimum atomic E-state index is -0.591. The fraction of sp³-hybridized carbons (Fsp3) is 0.833. The van der Waals surface area contributed by atoms with Crippen LogP contribution in [-0.4, -0.2) is 50.8 Å². The van der Waals surface area contributed by atoms with E-state index in [1.165, 1.54) is 7.11 Å². The highest BCUT2D eigenvalue weighted by Crippen LogP contribution is 2.05. The maximum atomic E-state index is 11.8. The number of carbonyl (C=O) groups excluding carboxylic acids is 2. The van der Waals surface area contributed by atoms with Crippen molar-refractivity contribution < 1.29 is 19.1 Å². The minimum Gasteiger partial charge on any atom is -0.467 e. The molecule has 1 aliphatic rings. The first-order valence-electron chi connectivity index (χ1n) is 6.23. The number of hydrogen-bond donors (Lipinski definition) is 2. The van der Waals surface area contributed by atoms with Gasteiger partial charge in [0.25, 0.3) is 0 Å². The molecule has 2 N–H and O–H groups in total. The van der Waals surface area contributed by atoms with Gasteiger partial charge < -0.3 is 20.1 Å². The number of rotatable bonds is 5. The van der Waals surface area contributed by atoms with E-state index < -0.39 is 12.0 Å². The number of halogens is 1. The number of esters is 1. The lowest BCUT2D eigenvalue weighted by molar-refractivity contribution is -0.146. The lowest BCUT2D eigenvalue weighted by Gasteiger charge is -2.25. The Kier molecular flexibility index (Phi) is 8.71. The number of ether oxygens (including phenoxy) is 2. The highest BCUT2D eigenvalue weighted by molar-refractivity contribution is 5.85. The Balaban J connectivity index is 0.00000324. The molecule has 0 spiro atoms. The first-order valence-corrected chi connectivity index (χ1v) is 6.23. The number of amides is 1. The Bertz CT molecular complexity index is 293. The molecule has 6 nitrogen and oxygen atoms in total. The Labute approximate surface area is 120 Å². The largest absolute Gasteiger partial charge is 0.467 e. The Morgan fingerprint density at radius 2 is 2.16 bits per heavy atom. The van der Waals surface area contributed by atoms with E-state index in [0.29, 0.717) is 19.6 Å². The quantitative estimate of drug-likeness (QED) is 0.704. The highest BCUT2D eigenvalue weighted by atomic mass is 35.5. The van der Waals surface area contributed by atoms with Crippen LogP contribution in [0.1, 0.15) is 20.3 Å². The normalized spacial score (nSPS) is 20.3. The summed E-state index contributed by atoms with van der Waals surface area (Å²) in [6, 6.07) is -0.573. The molecule has 1 fully saturated rings. The molecule has 19 heavy (non-hydrogen) atoms. The molecule has 1 rings (SSSR count). The van der Waals surface area contributed by atoms with Crippen molar-refractivity contribution >= 4 is 24.3 Å². The van der Waals surface area contributed by atoms with Crippen molar-refractivity contribution in [2.24, 2.45) is 5.92 Å². The third-order valence-corrected chi connectivity index (χ3v) is 2.87. The molecule has 2 atom stereocenters. The first-order chi connectivity index (χ1) is 8.54. The van der Waals surface area contributed by atoms with Gasteiger partial charge >= 0.3 is 5.97 Å². The lowest BCUT2D eigenvalue weighted by atomic mass is 10.0. The van der Waals surface area contributed by atoms with Gasteiger partial charge in [-0.15, -0.1) is 12.4 Å². The van der Waals surface area contributed by atoms with Gasteiger partial charge in [-0.2, -0.15) is 0 Å². The fourth-order valence-corrected chi connectivity index (χ4v) is 1.83. The fourth-order valence-electron chi connectivity index (χ4n) is 1.83. The van der Waals surface area contributed by atoms with Crippen molar-refractivity contribution in [3.05, 3.63) is 0 Å². The van der Waals surface area contributed by atoms with Crippen molar-refractivity contribution in [3.8, 4) is 0 Å². The smallest absolute Gasteiger partial charge is 0.328 e. The molecule has 0 aliphatic carbocycles. The molecular weight excluding hydrogens is 272 g/mol. The van der Waals surface area contributed by atoms with E-state index in [-0.39, 0.29) is 30.3 Å². The molecule has 0 radical (unpaired) electrons. The van der Waals surface area contributed by atoms with E-state index >= 15 is 0 Å². The van der Waals surface area contributed by atoms with Crippen LogP contribution in [0.4, 0.5) is 0 Å². The van der Waals surface area contributed by atoms with Gasteiger partial charge in [0, 0.05) is 19.0 Å². The summed E-state index contributed by atoms with van der Waals surface area (Å²) in [5.74, 6) is -0.578. The molecule has 0 aromatic heterocycles. The van der Waals surface area contributed by atoms with E-state index in [1.807, 2.05) is 13.8 Å². The summed E-state index contributed by atoms with van der Waals surface area (Å²) >= 11 is 0. The van der Waals surface area contributed by atoms with Crippen molar-refractivity contribution in [2.75, 3.05) is 26.9 Å². The Hall–Kier alpha value is -0.850. The topological polar surface area (TPSA) is 76.7 Å². The van der Waals surface area contributed by atoms with Crippen LogP contribution in [0.15, 0.2) is 0 Å². The molecule has 1 amide bonds. The van der Waals surface area contributed by atoms with Crippen LogP contribution in [0.25, 0.3) is 0 Å². The second-order valence-corrected chi connectivity index (χ2v) is 4.74. The number of hydrogen-bond acceptors (Lipinski definition) is 5. The van der Waals surface area contributed by atoms with Gasteiger partial charge in [0.1, 0.15) is 6.04 Å². The highest BCUT2D eigenvalue weighted by Gasteiger charge is 2.26. The summed E-state index contributed by atoms with van der Waals surface area (Å²) in [5, 5.41) is 5.90. The number of nitrogens with one attached hydrogen (secondary N) is 2. The zero-order chi connectivity index (χ0) is 13.5. The number of morpholine rings is 1. The molecule has 1 aliphatic heterocycles. The minimum absolute atomic E-state index is 0. The van der Waals surface area contributed by atoms with Crippen molar-refractivity contribution in [1.29, 1.82) is 0 Å². The molecule has 0 aromatic carbocycles. The third-order valence-electron chi connectivity index (χ3n) is 2.87. The molecule has 112 valence electrons. The summed E-state index contributed by atoms with van der Waals surface area (Å²) in [7, 11) is 1.32. The number of carbonyl (C=O) groups is 2. The van der Waals surface area contributed by atoms with Gasteiger partial charge in [-0.3, -0.25) is 4.79 Å². The molecule has 1 saturated heterocycles. The van der Waals surface area contributed by atoms with Gasteiger partial charge in [-0.1, -0.05) is 13.8 Å². The average Bonchev–Trinajstić information content (AvgIpc) is 2.36. The molecule has 2 unspecified atom stereocenters. The predicted molar refractivity (Wildman–Crippen MR) is 73.3 cm³/mol. The van der Waals surface area contributed by atoms with E-state index in [2.05, 4.69) is 15.4 Å². The van der Waals surface area contributed by atoms with E-state index in [0.717, 1.165) is 6.54 Å². The molecule has 1 heterocycles. The molecule has 7 heteroatoms. The van der Waals surface area contributed by atoms with Gasteiger partial charge in [0.15, 0.2) is 0 Å². The average molecular weight is 295 g/mol. The summed E-state index contributed by atoms with van der Waals surface area (Å²) in [6.45, 7) is 5.68. The molecule has 0 saturated carbocycles. The molecule has 0 aromatic rings. The van der Waals surface area contributed by atoms with Crippen molar-refractivity contribution in [1.82, 2.24) is 10.6 Å². The zero-order valence-electron chi connectivity index (χ0n) is 11.6. The van der Waals surface area contributed by atoms with Gasteiger partial charge in [0.05, 0.1) is 20.3 Å². The van der Waals surface area contributed by atoms with Gasteiger partial charge in [-0.05, 0) is 5.92 Å². The summed E-state index contributed by atoms with van der Waals surface area (Å²) in [6.07, 6.45) is 0.306. The second kappa shape index (κ2) is 9.12. The first kappa shape index (κ1) is 18.1. The Morgan fingerprint density at radius 1 is 1.47 bits per heavy atom. The monoisotopic (exact) mass is 294 g/mol. The summed E-state index contributed by atoms with van der Waals surface area (Å²) < 4.78 is 9.94. The van der Waals surface area contributed by atoms with Crippen LogP contribution in [0.2, 0.25) is 0 Å². The molecule has 0 bridgehead atoms.